The van der Waals surface area contributed by atoms with Crippen LogP contribution >= 0.6 is 0 Å². The quantitative estimate of drug-likeness (QED) is 0.746. The largest absolute Gasteiger partial charge is 0.480 e. The van der Waals surface area contributed by atoms with Crippen LogP contribution in [-0.2, 0) is 24.3 Å². The lowest BCUT2D eigenvalue weighted by Gasteiger charge is -2.47. The van der Waals surface area contributed by atoms with Crippen molar-refractivity contribution in [1.82, 2.24) is 4.31 Å². The fourth-order valence-corrected chi connectivity index (χ4v) is 4.51. The third-order valence-electron chi connectivity index (χ3n) is 3.52. The van der Waals surface area contributed by atoms with Crippen molar-refractivity contribution >= 4 is 16.0 Å². The highest BCUT2D eigenvalue weighted by atomic mass is 32.2. The Kier molecular flexibility index (Phi) is 4.14. The molecular weight excluding hydrogens is 274 g/mol. The molecule has 0 amide bonds. The smallest absolute Gasteiger partial charge is 0.329 e. The highest BCUT2D eigenvalue weighted by molar-refractivity contribution is 7.89. The van der Waals surface area contributed by atoms with Gasteiger partial charge >= 0.3 is 5.97 Å². The maximum Gasteiger partial charge on any atom is 0.329 e. The highest BCUT2D eigenvalue weighted by Gasteiger charge is 2.48. The minimum absolute atomic E-state index is 0.222. The van der Waals surface area contributed by atoms with Gasteiger partial charge in [0.1, 0.15) is 6.61 Å². The molecule has 8 heteroatoms. The van der Waals surface area contributed by atoms with Crippen molar-refractivity contribution in [2.45, 2.75) is 30.6 Å². The second kappa shape index (κ2) is 5.35. The second-order valence-corrected chi connectivity index (χ2v) is 7.47. The van der Waals surface area contributed by atoms with Gasteiger partial charge in [-0.25, -0.2) is 13.2 Å². The van der Waals surface area contributed by atoms with Crippen LogP contribution in [0.25, 0.3) is 0 Å². The Balaban J connectivity index is 1.89. The Morgan fingerprint density at radius 1 is 1.42 bits per heavy atom. The third kappa shape index (κ3) is 3.25. The Labute approximate surface area is 112 Å². The number of ether oxygens (including phenoxy) is 2. The summed E-state index contributed by atoms with van der Waals surface area (Å²) in [5, 5.41) is 8.17. The van der Waals surface area contributed by atoms with Gasteiger partial charge in [0.25, 0.3) is 0 Å². The second-order valence-electron chi connectivity index (χ2n) is 5.26. The number of carboxylic acid groups (broad SMARTS) is 1. The molecule has 19 heavy (non-hydrogen) atoms. The molecule has 0 aromatic heterocycles. The van der Waals surface area contributed by atoms with Crippen LogP contribution in [0.5, 0.6) is 0 Å². The van der Waals surface area contributed by atoms with Crippen LogP contribution in [0.2, 0.25) is 0 Å². The summed E-state index contributed by atoms with van der Waals surface area (Å²) >= 11 is 0. The van der Waals surface area contributed by atoms with Gasteiger partial charge in [0.15, 0.2) is 0 Å². The molecule has 0 spiro atoms. The molecule has 2 aliphatic heterocycles. The van der Waals surface area contributed by atoms with Crippen LogP contribution in [-0.4, -0.2) is 67.6 Å². The van der Waals surface area contributed by atoms with Crippen LogP contribution in [0.1, 0.15) is 19.8 Å². The first-order valence-electron chi connectivity index (χ1n) is 6.26. The number of carbonyl (C=O) groups is 1. The van der Waals surface area contributed by atoms with Crippen molar-refractivity contribution in [3.05, 3.63) is 0 Å². The van der Waals surface area contributed by atoms with Gasteiger partial charge in [0.2, 0.25) is 10.0 Å². The van der Waals surface area contributed by atoms with Gasteiger partial charge in [-0.15, -0.1) is 0 Å². The zero-order valence-corrected chi connectivity index (χ0v) is 11.7. The Hall–Kier alpha value is -0.700. The number of rotatable bonds is 5. The first kappa shape index (κ1) is 14.7. The molecule has 0 aromatic carbocycles. The number of sulfonamides is 1. The van der Waals surface area contributed by atoms with E-state index in [9.17, 15) is 13.2 Å². The van der Waals surface area contributed by atoms with Crippen LogP contribution in [0.4, 0.5) is 0 Å². The molecule has 0 radical (unpaired) electrons. The predicted molar refractivity (Wildman–Crippen MR) is 66.3 cm³/mol. The number of hydrogen-bond acceptors (Lipinski definition) is 5. The fourth-order valence-electron chi connectivity index (χ4n) is 2.39. The van der Waals surface area contributed by atoms with E-state index in [4.69, 9.17) is 14.6 Å². The van der Waals surface area contributed by atoms with Gasteiger partial charge in [-0.05, 0) is 19.8 Å². The first-order valence-corrected chi connectivity index (χ1v) is 7.76. The monoisotopic (exact) mass is 293 g/mol. The highest BCUT2D eigenvalue weighted by Crippen LogP contribution is 2.31. The molecule has 2 heterocycles. The third-order valence-corrected chi connectivity index (χ3v) is 5.81. The number of nitrogens with zero attached hydrogens (tertiary/aromatic N) is 1. The minimum Gasteiger partial charge on any atom is -0.480 e. The van der Waals surface area contributed by atoms with E-state index in [0.717, 1.165) is 0 Å². The molecule has 1 N–H and O–H groups in total. The van der Waals surface area contributed by atoms with E-state index in [-0.39, 0.29) is 18.3 Å². The molecule has 0 aliphatic carbocycles. The molecule has 0 atom stereocenters. The van der Waals surface area contributed by atoms with Crippen molar-refractivity contribution in [2.24, 2.45) is 0 Å². The maximum atomic E-state index is 12.3. The van der Waals surface area contributed by atoms with Gasteiger partial charge in [-0.3, -0.25) is 0 Å². The fraction of sp³-hybridized carbons (Fsp3) is 0.909. The molecule has 7 nitrogen and oxygen atoms in total. The van der Waals surface area contributed by atoms with Crippen molar-refractivity contribution < 1.29 is 27.8 Å². The average molecular weight is 293 g/mol. The number of carboxylic acids is 1. The van der Waals surface area contributed by atoms with Crippen LogP contribution in [0.3, 0.4) is 0 Å². The standard InChI is InChI=1S/C11H19NO6S/c1-11(18-6-10(13)14)7-12(8-11)19(15,16)9-2-4-17-5-3-9/h9H,2-8H2,1H3,(H,13,14). The summed E-state index contributed by atoms with van der Waals surface area (Å²) in [6.45, 7) is 2.72. The molecule has 0 aromatic rings. The van der Waals surface area contributed by atoms with Crippen LogP contribution in [0, 0.1) is 0 Å². The van der Waals surface area contributed by atoms with Gasteiger partial charge < -0.3 is 14.6 Å². The first-order chi connectivity index (χ1) is 8.83. The summed E-state index contributed by atoms with van der Waals surface area (Å²) in [4.78, 5) is 10.4. The van der Waals surface area contributed by atoms with Gasteiger partial charge in [0, 0.05) is 26.3 Å². The van der Waals surface area contributed by atoms with E-state index in [1.54, 1.807) is 6.92 Å². The minimum atomic E-state index is -3.31. The lowest BCUT2D eigenvalue weighted by molar-refractivity contribution is -0.157. The number of hydrogen-bond donors (Lipinski definition) is 1. The summed E-state index contributed by atoms with van der Waals surface area (Å²) in [6, 6.07) is 0. The predicted octanol–water partition coefficient (Wildman–Crippen LogP) is -0.329. The van der Waals surface area contributed by atoms with Crippen molar-refractivity contribution in [3.63, 3.8) is 0 Å². The van der Waals surface area contributed by atoms with Gasteiger partial charge in [-0.2, -0.15) is 4.31 Å². The SMILES string of the molecule is CC1(OCC(=O)O)CN(S(=O)(=O)C2CCOCC2)C1. The van der Waals surface area contributed by atoms with E-state index in [0.29, 0.717) is 26.1 Å². The lowest BCUT2D eigenvalue weighted by atomic mass is 10.00. The zero-order chi connectivity index (χ0) is 14.1. The Bertz CT molecular complexity index is 436. The topological polar surface area (TPSA) is 93.1 Å². The molecule has 2 aliphatic rings. The van der Waals surface area contributed by atoms with Gasteiger partial charge in [-0.1, -0.05) is 0 Å². The summed E-state index contributed by atoms with van der Waals surface area (Å²) in [5.74, 6) is -1.05. The summed E-state index contributed by atoms with van der Waals surface area (Å²) in [7, 11) is -3.31. The Morgan fingerprint density at radius 2 is 2.00 bits per heavy atom. The summed E-state index contributed by atoms with van der Waals surface area (Å²) < 4.78 is 36.3. The van der Waals surface area contributed by atoms with E-state index < -0.39 is 28.2 Å². The van der Waals surface area contributed by atoms with Crippen molar-refractivity contribution in [1.29, 1.82) is 0 Å². The average Bonchev–Trinajstić information content (AvgIpc) is 2.34. The van der Waals surface area contributed by atoms with Crippen molar-refractivity contribution in [3.8, 4) is 0 Å². The molecule has 110 valence electrons. The van der Waals surface area contributed by atoms with Crippen molar-refractivity contribution in [2.75, 3.05) is 32.9 Å². The molecule has 2 saturated heterocycles. The summed E-state index contributed by atoms with van der Waals surface area (Å²) in [6.07, 6.45) is 1.04. The molecule has 0 unspecified atom stereocenters. The zero-order valence-electron chi connectivity index (χ0n) is 10.9. The molecule has 2 rings (SSSR count). The molecule has 0 saturated carbocycles. The van der Waals surface area contributed by atoms with Crippen LogP contribution < -0.4 is 0 Å². The lowest BCUT2D eigenvalue weighted by Crippen LogP contribution is -2.64. The van der Waals surface area contributed by atoms with E-state index in [1.165, 1.54) is 4.31 Å². The van der Waals surface area contributed by atoms with E-state index >= 15 is 0 Å². The van der Waals surface area contributed by atoms with E-state index in [1.807, 2.05) is 0 Å². The molecular formula is C11H19NO6S. The summed E-state index contributed by atoms with van der Waals surface area (Å²) in [5.41, 5.74) is -0.684. The van der Waals surface area contributed by atoms with E-state index in [2.05, 4.69) is 0 Å². The van der Waals surface area contributed by atoms with Gasteiger partial charge in [0.05, 0.1) is 10.9 Å². The molecule has 0 bridgehead atoms. The molecule has 2 fully saturated rings. The van der Waals surface area contributed by atoms with Crippen LogP contribution in [0.15, 0.2) is 0 Å². The maximum absolute atomic E-state index is 12.3. The Morgan fingerprint density at radius 3 is 2.53 bits per heavy atom. The normalized spacial score (nSPS) is 24.9. The number of aliphatic carboxylic acids is 1.